The number of hydrogen-bond donors (Lipinski definition) is 2. The topological polar surface area (TPSA) is 62.2 Å². The van der Waals surface area contributed by atoms with E-state index in [1.807, 2.05) is 24.3 Å². The quantitative estimate of drug-likeness (QED) is 0.889. The van der Waals surface area contributed by atoms with Crippen LogP contribution in [0.2, 0.25) is 0 Å². The number of amides is 1. The second-order valence-corrected chi connectivity index (χ2v) is 4.24. The van der Waals surface area contributed by atoms with Crippen LogP contribution in [-0.4, -0.2) is 16.2 Å². The van der Waals surface area contributed by atoms with Crippen LogP contribution in [0.15, 0.2) is 34.9 Å². The Morgan fingerprint density at radius 1 is 1.38 bits per heavy atom. The average Bonchev–Trinajstić information content (AvgIpc) is 2.25. The molecule has 0 saturated heterocycles. The summed E-state index contributed by atoms with van der Waals surface area (Å²) in [6.07, 6.45) is 0.692. The smallest absolute Gasteiger partial charge is 0.404 e. The largest absolute Gasteiger partial charge is 0.465 e. The van der Waals surface area contributed by atoms with Gasteiger partial charge in [0.1, 0.15) is 0 Å². The van der Waals surface area contributed by atoms with Crippen molar-refractivity contribution in [1.29, 1.82) is 0 Å². The van der Waals surface area contributed by atoms with Gasteiger partial charge in [-0.2, -0.15) is 0 Å². The van der Waals surface area contributed by atoms with Crippen molar-refractivity contribution in [2.75, 3.05) is 0 Å². The van der Waals surface area contributed by atoms with Crippen LogP contribution in [0, 0.1) is 0 Å². The highest BCUT2D eigenvalue weighted by atomic mass is 79.9. The van der Waals surface area contributed by atoms with E-state index in [1.54, 1.807) is 6.20 Å². The second kappa shape index (κ2) is 4.49. The maximum absolute atomic E-state index is 10.3. The first-order chi connectivity index (χ1) is 7.65. The molecule has 0 fully saturated rings. The number of pyridine rings is 1. The number of halogens is 1. The molecule has 1 aromatic heterocycles. The number of hydrogen-bond acceptors (Lipinski definition) is 2. The van der Waals surface area contributed by atoms with Crippen molar-refractivity contribution in [1.82, 2.24) is 10.3 Å². The fourth-order valence-corrected chi connectivity index (χ4v) is 1.80. The van der Waals surface area contributed by atoms with Gasteiger partial charge in [0.2, 0.25) is 0 Å². The number of nitrogens with zero attached hydrogens (tertiary/aromatic N) is 1. The van der Waals surface area contributed by atoms with Gasteiger partial charge in [-0.15, -0.1) is 0 Å². The summed E-state index contributed by atoms with van der Waals surface area (Å²) in [6, 6.07) is 7.75. The normalized spacial score (nSPS) is 10.3. The molecule has 0 spiro atoms. The lowest BCUT2D eigenvalue weighted by molar-refractivity contribution is 0.194. The van der Waals surface area contributed by atoms with Gasteiger partial charge in [0.05, 0.1) is 12.2 Å². The molecular formula is C11H9BrN2O2. The minimum Gasteiger partial charge on any atom is -0.465 e. The summed E-state index contributed by atoms with van der Waals surface area (Å²) < 4.78 is 0.989. The lowest BCUT2D eigenvalue weighted by Gasteiger charge is -2.03. The second-order valence-electron chi connectivity index (χ2n) is 3.33. The first-order valence-corrected chi connectivity index (χ1v) is 5.45. The van der Waals surface area contributed by atoms with Gasteiger partial charge in [-0.25, -0.2) is 4.79 Å². The maximum Gasteiger partial charge on any atom is 0.404 e. The summed E-state index contributed by atoms with van der Waals surface area (Å²) in [4.78, 5) is 14.5. The van der Waals surface area contributed by atoms with Crippen molar-refractivity contribution in [3.8, 4) is 0 Å². The number of nitrogens with one attached hydrogen (secondary N) is 1. The van der Waals surface area contributed by atoms with Crippen molar-refractivity contribution >= 4 is 32.8 Å². The molecule has 0 aliphatic heterocycles. The van der Waals surface area contributed by atoms with Gasteiger partial charge in [-0.05, 0) is 23.6 Å². The maximum atomic E-state index is 10.3. The molecule has 82 valence electrons. The van der Waals surface area contributed by atoms with Crippen LogP contribution in [0.4, 0.5) is 4.79 Å². The predicted octanol–water partition coefficient (Wildman–Crippen LogP) is 2.76. The Balaban J connectivity index is 2.31. The van der Waals surface area contributed by atoms with E-state index in [0.29, 0.717) is 5.69 Å². The van der Waals surface area contributed by atoms with Crippen molar-refractivity contribution in [3.63, 3.8) is 0 Å². The lowest BCUT2D eigenvalue weighted by Crippen LogP contribution is -2.20. The van der Waals surface area contributed by atoms with Crippen molar-refractivity contribution < 1.29 is 9.90 Å². The summed E-state index contributed by atoms with van der Waals surface area (Å²) in [7, 11) is 0. The van der Waals surface area contributed by atoms with Crippen LogP contribution in [0.5, 0.6) is 0 Å². The fourth-order valence-electron chi connectivity index (χ4n) is 1.42. The first kappa shape index (κ1) is 10.9. The van der Waals surface area contributed by atoms with Gasteiger partial charge in [-0.1, -0.05) is 22.0 Å². The van der Waals surface area contributed by atoms with E-state index in [4.69, 9.17) is 5.11 Å². The molecule has 0 saturated carbocycles. The molecule has 0 atom stereocenters. The minimum absolute atomic E-state index is 0.220. The number of fused-ring (bicyclic) bond motifs is 1. The number of benzene rings is 1. The van der Waals surface area contributed by atoms with E-state index in [9.17, 15) is 4.79 Å². The van der Waals surface area contributed by atoms with Gasteiger partial charge < -0.3 is 10.4 Å². The average molecular weight is 281 g/mol. The molecule has 1 amide bonds. The third-order valence-electron chi connectivity index (χ3n) is 2.16. The Hall–Kier alpha value is -1.62. The number of carbonyl (C=O) groups is 1. The molecule has 4 nitrogen and oxygen atoms in total. The van der Waals surface area contributed by atoms with Crippen molar-refractivity contribution in [2.24, 2.45) is 0 Å². The standard InChI is InChI=1S/C11H9BrN2O2/c12-9-2-1-7-5-13-10(4-8(7)3-9)6-14-11(15)16/h1-5,14H,6H2,(H,15,16). The molecule has 5 heteroatoms. The molecule has 0 radical (unpaired) electrons. The van der Waals surface area contributed by atoms with Crippen LogP contribution in [-0.2, 0) is 6.54 Å². The van der Waals surface area contributed by atoms with E-state index < -0.39 is 6.09 Å². The molecular weight excluding hydrogens is 272 g/mol. The van der Waals surface area contributed by atoms with Gasteiger partial charge in [0, 0.05) is 16.1 Å². The van der Waals surface area contributed by atoms with Crippen LogP contribution >= 0.6 is 15.9 Å². The molecule has 1 aromatic carbocycles. The van der Waals surface area contributed by atoms with Gasteiger partial charge in [-0.3, -0.25) is 4.98 Å². The van der Waals surface area contributed by atoms with Crippen molar-refractivity contribution in [3.05, 3.63) is 40.6 Å². The Morgan fingerprint density at radius 3 is 2.94 bits per heavy atom. The van der Waals surface area contributed by atoms with Crippen molar-refractivity contribution in [2.45, 2.75) is 6.54 Å². The van der Waals surface area contributed by atoms with Gasteiger partial charge in [0.25, 0.3) is 0 Å². The van der Waals surface area contributed by atoms with E-state index in [2.05, 4.69) is 26.2 Å². The zero-order valence-electron chi connectivity index (χ0n) is 8.27. The highest BCUT2D eigenvalue weighted by molar-refractivity contribution is 9.10. The van der Waals surface area contributed by atoms with Gasteiger partial charge in [0.15, 0.2) is 0 Å². The molecule has 1 heterocycles. The van der Waals surface area contributed by atoms with E-state index >= 15 is 0 Å². The monoisotopic (exact) mass is 280 g/mol. The number of aromatic nitrogens is 1. The summed E-state index contributed by atoms with van der Waals surface area (Å²) in [6.45, 7) is 0.220. The summed E-state index contributed by atoms with van der Waals surface area (Å²) in [5.41, 5.74) is 0.702. The molecule has 2 aromatic rings. The Morgan fingerprint density at radius 2 is 2.19 bits per heavy atom. The number of carboxylic acid groups (broad SMARTS) is 1. The summed E-state index contributed by atoms with van der Waals surface area (Å²) in [5, 5.41) is 12.8. The van der Waals surface area contributed by atoms with E-state index in [1.165, 1.54) is 0 Å². The Labute approximate surface area is 100 Å². The highest BCUT2D eigenvalue weighted by Crippen LogP contribution is 2.19. The number of rotatable bonds is 2. The van der Waals surface area contributed by atoms with E-state index in [-0.39, 0.29) is 6.54 Å². The minimum atomic E-state index is -1.05. The highest BCUT2D eigenvalue weighted by Gasteiger charge is 2.00. The molecule has 0 aliphatic carbocycles. The SMILES string of the molecule is O=C(O)NCc1cc2cc(Br)ccc2cn1. The molecule has 16 heavy (non-hydrogen) atoms. The predicted molar refractivity (Wildman–Crippen MR) is 64.3 cm³/mol. The molecule has 0 unspecified atom stereocenters. The van der Waals surface area contributed by atoms with Crippen LogP contribution < -0.4 is 5.32 Å². The van der Waals surface area contributed by atoms with Crippen LogP contribution in [0.1, 0.15) is 5.69 Å². The third-order valence-corrected chi connectivity index (χ3v) is 2.65. The molecule has 2 N–H and O–H groups in total. The van der Waals surface area contributed by atoms with Gasteiger partial charge >= 0.3 is 6.09 Å². The molecule has 0 aliphatic rings. The Bertz CT molecular complexity index is 542. The third kappa shape index (κ3) is 2.49. The zero-order chi connectivity index (χ0) is 11.5. The molecule has 2 rings (SSSR count). The fraction of sp³-hybridized carbons (Fsp3) is 0.0909. The Kier molecular flexibility index (Phi) is 3.05. The lowest BCUT2D eigenvalue weighted by atomic mass is 10.1. The summed E-state index contributed by atoms with van der Waals surface area (Å²) in [5.74, 6) is 0. The molecule has 0 bridgehead atoms. The van der Waals surface area contributed by atoms with E-state index in [0.717, 1.165) is 15.2 Å². The summed E-state index contributed by atoms with van der Waals surface area (Å²) >= 11 is 3.39. The zero-order valence-corrected chi connectivity index (χ0v) is 9.86. The first-order valence-electron chi connectivity index (χ1n) is 4.66. The van der Waals surface area contributed by atoms with Crippen LogP contribution in [0.25, 0.3) is 10.8 Å². The van der Waals surface area contributed by atoms with Crippen LogP contribution in [0.3, 0.4) is 0 Å².